The maximum absolute atomic E-state index is 13.5. The number of nitrogens with zero attached hydrogens (tertiary/aromatic N) is 2. The fourth-order valence-corrected chi connectivity index (χ4v) is 4.24. The first-order valence-corrected chi connectivity index (χ1v) is 9.87. The SMILES string of the molecule is CCOC(=O)C1(CCCCCl)CCc2cc3c(cc2C1=O)n(C)c(=O)n3C. The summed E-state index contributed by atoms with van der Waals surface area (Å²) in [7, 11) is 3.40. The van der Waals surface area contributed by atoms with Crippen LogP contribution in [-0.2, 0) is 30.0 Å². The summed E-state index contributed by atoms with van der Waals surface area (Å²) in [6, 6.07) is 3.65. The zero-order valence-electron chi connectivity index (χ0n) is 16.0. The number of ketones is 1. The summed E-state index contributed by atoms with van der Waals surface area (Å²) in [5.74, 6) is -0.150. The van der Waals surface area contributed by atoms with Gasteiger partial charge in [-0.3, -0.25) is 18.7 Å². The van der Waals surface area contributed by atoms with Crippen LogP contribution >= 0.6 is 11.6 Å². The molecule has 0 aliphatic heterocycles. The number of carbonyl (C=O) groups excluding carboxylic acids is 2. The van der Waals surface area contributed by atoms with E-state index >= 15 is 0 Å². The van der Waals surface area contributed by atoms with Crippen LogP contribution in [0.1, 0.15) is 48.5 Å². The second-order valence-electron chi connectivity index (χ2n) is 7.18. The third kappa shape index (κ3) is 3.10. The Morgan fingerprint density at radius 1 is 1.19 bits per heavy atom. The van der Waals surface area contributed by atoms with Gasteiger partial charge in [-0.25, -0.2) is 4.79 Å². The molecule has 1 heterocycles. The van der Waals surface area contributed by atoms with Crippen LogP contribution in [0.15, 0.2) is 16.9 Å². The molecule has 1 aliphatic carbocycles. The monoisotopic (exact) mass is 392 g/mol. The predicted octanol–water partition coefficient (Wildman–Crippen LogP) is 2.96. The quantitative estimate of drug-likeness (QED) is 0.328. The van der Waals surface area contributed by atoms with Crippen molar-refractivity contribution in [1.29, 1.82) is 0 Å². The highest BCUT2D eigenvalue weighted by atomic mass is 35.5. The maximum atomic E-state index is 13.5. The van der Waals surface area contributed by atoms with Crippen molar-refractivity contribution < 1.29 is 14.3 Å². The van der Waals surface area contributed by atoms with Gasteiger partial charge >= 0.3 is 11.7 Å². The van der Waals surface area contributed by atoms with Crippen LogP contribution in [-0.4, -0.2) is 33.4 Å². The number of aryl methyl sites for hydroxylation is 3. The van der Waals surface area contributed by atoms with Gasteiger partial charge in [-0.1, -0.05) is 6.42 Å². The lowest BCUT2D eigenvalue weighted by molar-refractivity contribution is -0.153. The van der Waals surface area contributed by atoms with Gasteiger partial charge in [0.1, 0.15) is 5.41 Å². The van der Waals surface area contributed by atoms with E-state index in [1.807, 2.05) is 6.07 Å². The fourth-order valence-electron chi connectivity index (χ4n) is 4.05. The standard InChI is InChI=1S/C20H25ClN2O4/c1-4-27-18(25)20(8-5-6-10-21)9-7-13-11-15-16(12-14(13)17(20)24)23(3)19(26)22(15)2/h11-12H,4-10H2,1-3H3. The smallest absolute Gasteiger partial charge is 0.328 e. The van der Waals surface area contributed by atoms with E-state index in [9.17, 15) is 14.4 Å². The van der Waals surface area contributed by atoms with Crippen molar-refractivity contribution in [2.45, 2.75) is 39.0 Å². The molecule has 0 radical (unpaired) electrons. The Labute approximate surface area is 163 Å². The average molecular weight is 393 g/mol. The zero-order chi connectivity index (χ0) is 19.8. The normalized spacial score (nSPS) is 19.3. The topological polar surface area (TPSA) is 70.3 Å². The van der Waals surface area contributed by atoms with Crippen molar-refractivity contribution in [2.75, 3.05) is 12.5 Å². The van der Waals surface area contributed by atoms with E-state index in [0.29, 0.717) is 42.6 Å². The Morgan fingerprint density at radius 3 is 2.48 bits per heavy atom. The largest absolute Gasteiger partial charge is 0.465 e. The van der Waals surface area contributed by atoms with E-state index in [4.69, 9.17) is 16.3 Å². The molecule has 1 aromatic heterocycles. The first kappa shape index (κ1) is 19.7. The van der Waals surface area contributed by atoms with Crippen LogP contribution in [0.5, 0.6) is 0 Å². The van der Waals surface area contributed by atoms with Gasteiger partial charge < -0.3 is 4.74 Å². The number of imidazole rings is 1. The van der Waals surface area contributed by atoms with E-state index < -0.39 is 11.4 Å². The minimum Gasteiger partial charge on any atom is -0.465 e. The Balaban J connectivity index is 2.11. The summed E-state index contributed by atoms with van der Waals surface area (Å²) in [4.78, 5) is 38.5. The Kier molecular flexibility index (Phi) is 5.47. The van der Waals surface area contributed by atoms with Crippen molar-refractivity contribution in [1.82, 2.24) is 9.13 Å². The predicted molar refractivity (Wildman–Crippen MR) is 104 cm³/mol. The first-order valence-electron chi connectivity index (χ1n) is 9.33. The second-order valence-corrected chi connectivity index (χ2v) is 7.55. The number of carbonyl (C=O) groups is 2. The number of Topliss-reactive ketones (excluding diaryl/α,β-unsaturated/α-hetero) is 1. The van der Waals surface area contributed by atoms with E-state index in [-0.39, 0.29) is 18.1 Å². The van der Waals surface area contributed by atoms with Crippen LogP contribution in [0.4, 0.5) is 0 Å². The highest BCUT2D eigenvalue weighted by molar-refractivity contribution is 6.18. The summed E-state index contributed by atoms with van der Waals surface area (Å²) in [6.45, 7) is 1.98. The molecule has 146 valence electrons. The average Bonchev–Trinajstić information content (AvgIpc) is 2.87. The van der Waals surface area contributed by atoms with Crippen LogP contribution in [0.25, 0.3) is 11.0 Å². The molecule has 0 amide bonds. The summed E-state index contributed by atoms with van der Waals surface area (Å²) < 4.78 is 8.39. The van der Waals surface area contributed by atoms with E-state index in [2.05, 4.69) is 0 Å². The maximum Gasteiger partial charge on any atom is 0.328 e. The molecule has 2 aromatic rings. The Morgan fingerprint density at radius 2 is 1.85 bits per heavy atom. The van der Waals surface area contributed by atoms with Crippen LogP contribution < -0.4 is 5.69 Å². The molecule has 1 unspecified atom stereocenters. The highest BCUT2D eigenvalue weighted by Crippen LogP contribution is 2.41. The van der Waals surface area contributed by atoms with Gasteiger partial charge in [0.2, 0.25) is 0 Å². The molecule has 0 saturated heterocycles. The number of unbranched alkanes of at least 4 members (excludes halogenated alkanes) is 1. The van der Waals surface area contributed by atoms with Crippen molar-refractivity contribution in [3.8, 4) is 0 Å². The molecule has 7 heteroatoms. The summed E-state index contributed by atoms with van der Waals surface area (Å²) >= 11 is 5.79. The number of fused-ring (bicyclic) bond motifs is 2. The molecule has 3 rings (SSSR count). The molecule has 0 bridgehead atoms. The Bertz CT molecular complexity index is 959. The van der Waals surface area contributed by atoms with Crippen LogP contribution in [0, 0.1) is 5.41 Å². The van der Waals surface area contributed by atoms with Gasteiger partial charge in [-0.2, -0.15) is 0 Å². The molecule has 0 saturated carbocycles. The lowest BCUT2D eigenvalue weighted by Gasteiger charge is -2.34. The third-order valence-corrected chi connectivity index (χ3v) is 5.92. The molecule has 0 spiro atoms. The summed E-state index contributed by atoms with van der Waals surface area (Å²) in [5.41, 5.74) is 1.59. The van der Waals surface area contributed by atoms with Gasteiger partial charge in [0, 0.05) is 25.5 Å². The minimum absolute atomic E-state index is 0.140. The molecule has 0 fully saturated rings. The van der Waals surface area contributed by atoms with Crippen molar-refractivity contribution in [3.05, 3.63) is 33.7 Å². The lowest BCUT2D eigenvalue weighted by Crippen LogP contribution is -2.44. The van der Waals surface area contributed by atoms with Crippen LogP contribution in [0.3, 0.4) is 0 Å². The number of halogens is 1. The number of alkyl halides is 1. The number of rotatable bonds is 6. The number of aromatic nitrogens is 2. The molecule has 1 aromatic carbocycles. The molecule has 0 N–H and O–H groups in total. The number of hydrogen-bond acceptors (Lipinski definition) is 4. The summed E-state index contributed by atoms with van der Waals surface area (Å²) in [6.07, 6.45) is 2.89. The number of ether oxygens (including phenoxy) is 1. The van der Waals surface area contributed by atoms with E-state index in [0.717, 1.165) is 17.5 Å². The van der Waals surface area contributed by atoms with Gasteiger partial charge in [-0.05, 0) is 50.3 Å². The van der Waals surface area contributed by atoms with Gasteiger partial charge in [0.05, 0.1) is 17.6 Å². The molecular formula is C20H25ClN2O4. The minimum atomic E-state index is -1.16. The zero-order valence-corrected chi connectivity index (χ0v) is 16.8. The van der Waals surface area contributed by atoms with E-state index in [1.165, 1.54) is 4.57 Å². The van der Waals surface area contributed by atoms with Gasteiger partial charge in [-0.15, -0.1) is 11.6 Å². The van der Waals surface area contributed by atoms with Gasteiger partial charge in [0.15, 0.2) is 5.78 Å². The first-order chi connectivity index (χ1) is 12.9. The van der Waals surface area contributed by atoms with Crippen molar-refractivity contribution >= 4 is 34.4 Å². The third-order valence-electron chi connectivity index (χ3n) is 5.65. The second kappa shape index (κ2) is 7.50. The number of hydrogen-bond donors (Lipinski definition) is 0. The van der Waals surface area contributed by atoms with Crippen LogP contribution in [0.2, 0.25) is 0 Å². The fraction of sp³-hybridized carbons (Fsp3) is 0.550. The molecule has 6 nitrogen and oxygen atoms in total. The van der Waals surface area contributed by atoms with E-state index in [1.54, 1.807) is 31.7 Å². The highest BCUT2D eigenvalue weighted by Gasteiger charge is 2.49. The van der Waals surface area contributed by atoms with Crippen molar-refractivity contribution in [3.63, 3.8) is 0 Å². The number of benzene rings is 1. The van der Waals surface area contributed by atoms with Gasteiger partial charge in [0.25, 0.3) is 0 Å². The summed E-state index contributed by atoms with van der Waals surface area (Å²) in [5, 5.41) is 0. The number of esters is 1. The molecule has 1 atom stereocenters. The molecule has 27 heavy (non-hydrogen) atoms. The Hall–Kier alpha value is -2.08. The lowest BCUT2D eigenvalue weighted by atomic mass is 9.67. The molecular weight excluding hydrogens is 368 g/mol. The molecule has 1 aliphatic rings. The van der Waals surface area contributed by atoms with Crippen molar-refractivity contribution in [2.24, 2.45) is 19.5 Å².